The lowest BCUT2D eigenvalue weighted by molar-refractivity contribution is 0.575. The van der Waals surface area contributed by atoms with Crippen LogP contribution < -0.4 is 5.73 Å². The van der Waals surface area contributed by atoms with Crippen molar-refractivity contribution in [3.63, 3.8) is 0 Å². The number of hydrogen-bond acceptors (Lipinski definition) is 2. The number of nitrogen functional groups attached to an aromatic ring is 1. The summed E-state index contributed by atoms with van der Waals surface area (Å²) in [5.41, 5.74) is 7.63. The minimum Gasteiger partial charge on any atom is -0.398 e. The van der Waals surface area contributed by atoms with Crippen LogP contribution in [0.3, 0.4) is 0 Å². The van der Waals surface area contributed by atoms with E-state index in [9.17, 15) is 4.21 Å². The van der Waals surface area contributed by atoms with Gasteiger partial charge in [0, 0.05) is 11.4 Å². The molecular weight excluding hydrogens is 218 g/mol. The van der Waals surface area contributed by atoms with Crippen molar-refractivity contribution in [1.82, 2.24) is 0 Å². The molecular formula is C13H21NOS. The first-order chi connectivity index (χ1) is 7.50. The molecule has 3 heteroatoms. The summed E-state index contributed by atoms with van der Waals surface area (Å²) in [4.78, 5) is 0.786. The van der Waals surface area contributed by atoms with Gasteiger partial charge in [0.2, 0.25) is 0 Å². The first kappa shape index (κ1) is 13.2. The van der Waals surface area contributed by atoms with Crippen molar-refractivity contribution in [1.29, 1.82) is 0 Å². The van der Waals surface area contributed by atoms with E-state index in [-0.39, 0.29) is 0 Å². The highest BCUT2D eigenvalue weighted by atomic mass is 32.2. The fourth-order valence-electron chi connectivity index (χ4n) is 1.61. The molecule has 1 aromatic rings. The van der Waals surface area contributed by atoms with E-state index in [0.29, 0.717) is 17.4 Å². The maximum atomic E-state index is 12.0. The van der Waals surface area contributed by atoms with Gasteiger partial charge in [0.15, 0.2) is 0 Å². The zero-order valence-electron chi connectivity index (χ0n) is 10.3. The van der Waals surface area contributed by atoms with Crippen molar-refractivity contribution in [3.05, 3.63) is 23.8 Å². The summed E-state index contributed by atoms with van der Waals surface area (Å²) in [5, 5.41) is 0. The molecule has 0 aliphatic heterocycles. The summed E-state index contributed by atoms with van der Waals surface area (Å²) in [6.07, 6.45) is 2.12. The highest BCUT2D eigenvalue weighted by Crippen LogP contribution is 2.19. The Kier molecular flexibility index (Phi) is 5.00. The van der Waals surface area contributed by atoms with Gasteiger partial charge < -0.3 is 5.73 Å². The van der Waals surface area contributed by atoms with Crippen LogP contribution in [0.2, 0.25) is 0 Å². The molecule has 1 unspecified atom stereocenters. The van der Waals surface area contributed by atoms with Gasteiger partial charge in [-0.2, -0.15) is 0 Å². The highest BCUT2D eigenvalue weighted by Gasteiger charge is 2.08. The van der Waals surface area contributed by atoms with E-state index in [1.165, 1.54) is 0 Å². The fraction of sp³-hybridized carbons (Fsp3) is 0.538. The third-order valence-electron chi connectivity index (χ3n) is 2.52. The minimum atomic E-state index is -0.945. The molecule has 0 aromatic heterocycles. The Morgan fingerprint density at radius 1 is 1.38 bits per heavy atom. The van der Waals surface area contributed by atoms with Crippen molar-refractivity contribution in [2.45, 2.75) is 38.5 Å². The zero-order chi connectivity index (χ0) is 12.1. The summed E-state index contributed by atoms with van der Waals surface area (Å²) in [7, 11) is -0.945. The van der Waals surface area contributed by atoms with Crippen molar-refractivity contribution >= 4 is 16.5 Å². The molecule has 2 N–H and O–H groups in total. The van der Waals surface area contributed by atoms with E-state index in [2.05, 4.69) is 13.8 Å². The Bertz CT molecular complexity index is 374. The van der Waals surface area contributed by atoms with Crippen molar-refractivity contribution in [2.24, 2.45) is 5.92 Å². The smallest absolute Gasteiger partial charge is 0.0617 e. The van der Waals surface area contributed by atoms with Crippen molar-refractivity contribution in [3.8, 4) is 0 Å². The maximum Gasteiger partial charge on any atom is 0.0617 e. The van der Waals surface area contributed by atoms with Gasteiger partial charge in [0.25, 0.3) is 0 Å². The maximum absolute atomic E-state index is 12.0. The van der Waals surface area contributed by atoms with Gasteiger partial charge in [-0.15, -0.1) is 0 Å². The number of benzene rings is 1. The van der Waals surface area contributed by atoms with Gasteiger partial charge in [-0.05, 0) is 37.0 Å². The number of hydrogen-bond donors (Lipinski definition) is 1. The lowest BCUT2D eigenvalue weighted by Crippen LogP contribution is -2.03. The fourth-order valence-corrected chi connectivity index (χ4v) is 2.80. The Hall–Kier alpha value is -0.830. The van der Waals surface area contributed by atoms with Gasteiger partial charge in [-0.25, -0.2) is 0 Å². The Morgan fingerprint density at radius 2 is 2.06 bits per heavy atom. The van der Waals surface area contributed by atoms with Gasteiger partial charge in [-0.1, -0.05) is 26.3 Å². The molecule has 1 rings (SSSR count). The molecule has 0 radical (unpaired) electrons. The van der Waals surface area contributed by atoms with E-state index in [0.717, 1.165) is 23.3 Å². The molecule has 16 heavy (non-hydrogen) atoms. The third-order valence-corrected chi connectivity index (χ3v) is 4.04. The number of nitrogens with two attached hydrogens (primary N) is 1. The Labute approximate surface area is 101 Å². The molecule has 1 aromatic carbocycles. The molecule has 0 spiro atoms. The summed E-state index contributed by atoms with van der Waals surface area (Å²) in [5.74, 6) is 1.39. The SMILES string of the molecule is Cc1ccc(S(=O)CCCC(C)C)c(N)c1. The number of aryl methyl sites for hydroxylation is 1. The predicted octanol–water partition coefficient (Wildman–Crippen LogP) is 3.12. The standard InChI is InChI=1S/C13H21NOS/c1-10(2)5-4-8-16(15)13-7-6-11(3)9-12(13)14/h6-7,9-10H,4-5,8,14H2,1-3H3. The van der Waals surface area contributed by atoms with Crippen molar-refractivity contribution < 1.29 is 4.21 Å². The second kappa shape index (κ2) is 6.04. The second-order valence-corrected chi connectivity index (χ2v) is 6.17. The van der Waals surface area contributed by atoms with Crippen LogP contribution >= 0.6 is 0 Å². The van der Waals surface area contributed by atoms with E-state index in [1.807, 2.05) is 25.1 Å². The quantitative estimate of drug-likeness (QED) is 0.802. The monoisotopic (exact) mass is 239 g/mol. The van der Waals surface area contributed by atoms with Crippen LogP contribution in [0.5, 0.6) is 0 Å². The van der Waals surface area contributed by atoms with Gasteiger partial charge in [0.05, 0.1) is 15.7 Å². The molecule has 0 bridgehead atoms. The average Bonchev–Trinajstić information content (AvgIpc) is 2.16. The Balaban J connectivity index is 2.59. The number of rotatable bonds is 5. The third kappa shape index (κ3) is 3.97. The molecule has 2 nitrogen and oxygen atoms in total. The lowest BCUT2D eigenvalue weighted by atomic mass is 10.1. The molecule has 1 atom stereocenters. The van der Waals surface area contributed by atoms with E-state index < -0.39 is 10.8 Å². The second-order valence-electron chi connectivity index (χ2n) is 4.63. The normalized spacial score (nSPS) is 13.0. The van der Waals surface area contributed by atoms with Crippen LogP contribution in [0.1, 0.15) is 32.3 Å². The van der Waals surface area contributed by atoms with Gasteiger partial charge in [0.1, 0.15) is 0 Å². The number of anilines is 1. The van der Waals surface area contributed by atoms with E-state index in [4.69, 9.17) is 5.73 Å². The van der Waals surface area contributed by atoms with E-state index >= 15 is 0 Å². The minimum absolute atomic E-state index is 0.655. The van der Waals surface area contributed by atoms with Crippen LogP contribution in [0, 0.1) is 12.8 Å². The molecule has 0 fully saturated rings. The van der Waals surface area contributed by atoms with Crippen molar-refractivity contribution in [2.75, 3.05) is 11.5 Å². The molecule has 0 aliphatic carbocycles. The van der Waals surface area contributed by atoms with Crippen LogP contribution in [0.4, 0.5) is 5.69 Å². The molecule has 0 saturated carbocycles. The molecule has 0 amide bonds. The summed E-state index contributed by atoms with van der Waals surface area (Å²) in [6, 6.07) is 5.73. The Morgan fingerprint density at radius 3 is 2.62 bits per heavy atom. The van der Waals surface area contributed by atoms with Crippen LogP contribution in [0.15, 0.2) is 23.1 Å². The van der Waals surface area contributed by atoms with E-state index in [1.54, 1.807) is 0 Å². The lowest BCUT2D eigenvalue weighted by Gasteiger charge is -2.07. The molecule has 0 heterocycles. The topological polar surface area (TPSA) is 43.1 Å². The summed E-state index contributed by atoms with van der Waals surface area (Å²) < 4.78 is 12.0. The average molecular weight is 239 g/mol. The molecule has 0 aliphatic rings. The first-order valence-electron chi connectivity index (χ1n) is 5.75. The van der Waals surface area contributed by atoms with Crippen LogP contribution in [-0.2, 0) is 10.8 Å². The van der Waals surface area contributed by atoms with Gasteiger partial charge >= 0.3 is 0 Å². The van der Waals surface area contributed by atoms with Crippen LogP contribution in [0.25, 0.3) is 0 Å². The molecule has 90 valence electrons. The van der Waals surface area contributed by atoms with Gasteiger partial charge in [-0.3, -0.25) is 4.21 Å². The molecule has 0 saturated heterocycles. The highest BCUT2D eigenvalue weighted by molar-refractivity contribution is 7.85. The largest absolute Gasteiger partial charge is 0.398 e. The predicted molar refractivity (Wildman–Crippen MR) is 70.9 cm³/mol. The zero-order valence-corrected chi connectivity index (χ0v) is 11.1. The summed E-state index contributed by atoms with van der Waals surface area (Å²) in [6.45, 7) is 6.36. The summed E-state index contributed by atoms with van der Waals surface area (Å²) >= 11 is 0. The van der Waals surface area contributed by atoms with Crippen LogP contribution in [-0.4, -0.2) is 9.96 Å². The first-order valence-corrected chi connectivity index (χ1v) is 7.07.